The van der Waals surface area contributed by atoms with Crippen LogP contribution in [0.3, 0.4) is 0 Å². The molecule has 4 heteroatoms. The van der Waals surface area contributed by atoms with Gasteiger partial charge in [-0.25, -0.2) is 0 Å². The minimum Gasteiger partial charge on any atom is -0.611 e. The molecule has 166 valence electrons. The number of carbonyl (C=O) groups is 2. The van der Waals surface area contributed by atoms with Gasteiger partial charge in [-0.1, -0.05) is 48.4 Å². The second-order valence-electron chi connectivity index (χ2n) is 10.2. The number of carbonyl (C=O) groups excluding carboxylic acids is 2. The molecule has 0 bridgehead atoms. The normalized spacial score (nSPS) is 34.3. The third-order valence-electron chi connectivity index (χ3n) is 8.39. The number of benzene rings is 1. The molecule has 3 nitrogen and oxygen atoms in total. The van der Waals surface area contributed by atoms with Crippen molar-refractivity contribution in [3.63, 3.8) is 0 Å². The lowest BCUT2D eigenvalue weighted by molar-refractivity contribution is -0.115. The summed E-state index contributed by atoms with van der Waals surface area (Å²) < 4.78 is 13.1. The third kappa shape index (κ3) is 3.22. The van der Waals surface area contributed by atoms with E-state index >= 15 is 0 Å². The summed E-state index contributed by atoms with van der Waals surface area (Å²) in [6.45, 7) is 6.16. The number of hydrogen-bond acceptors (Lipinski definition) is 3. The second kappa shape index (κ2) is 7.71. The highest BCUT2D eigenvalue weighted by Crippen LogP contribution is 2.63. The standard InChI is InChI=1S/C28H30O3S/c1-18(29)26-19(17-32(31)22-7-5-4-6-8-22)15-25-23-10-9-20-16-21(30)11-13-27(20,2)24(23)12-14-28(25,26)3/h4-8,11-13,16,23,25H,9-10,14-15,17H2,1-3H3/t23-,25+,27+,28+,32?/m1/s1. The SMILES string of the molecule is CC(=O)C1=C(C[S+]([O-])c2ccccc2)C[C@H]2[C@@H]3CCC4=CC(=O)C=C[C@]4(C)C3=CC[C@]12C. The number of rotatable bonds is 4. The van der Waals surface area contributed by atoms with Crippen LogP contribution in [0.2, 0.25) is 0 Å². The zero-order valence-electron chi connectivity index (χ0n) is 19.0. The molecule has 1 fully saturated rings. The predicted octanol–water partition coefficient (Wildman–Crippen LogP) is 5.52. The van der Waals surface area contributed by atoms with Crippen molar-refractivity contribution in [1.82, 2.24) is 0 Å². The minimum absolute atomic E-state index is 0.0873. The Bertz CT molecular complexity index is 1110. The highest BCUT2D eigenvalue weighted by Gasteiger charge is 2.55. The lowest BCUT2D eigenvalue weighted by atomic mass is 9.52. The largest absolute Gasteiger partial charge is 0.611 e. The molecule has 0 aliphatic heterocycles. The molecule has 32 heavy (non-hydrogen) atoms. The Hall–Kier alpha value is -2.17. The maximum Gasteiger partial charge on any atom is 0.178 e. The van der Waals surface area contributed by atoms with Crippen molar-refractivity contribution in [2.24, 2.45) is 22.7 Å². The lowest BCUT2D eigenvalue weighted by Gasteiger charge is -2.51. The molecule has 0 N–H and O–H groups in total. The summed E-state index contributed by atoms with van der Waals surface area (Å²) in [7, 11) is 0. The Morgan fingerprint density at radius 2 is 1.97 bits per heavy atom. The lowest BCUT2D eigenvalue weighted by Crippen LogP contribution is -2.43. The summed E-state index contributed by atoms with van der Waals surface area (Å²) in [5, 5.41) is 0. The summed E-state index contributed by atoms with van der Waals surface area (Å²) in [5.41, 5.74) is 4.24. The highest BCUT2D eigenvalue weighted by atomic mass is 32.2. The van der Waals surface area contributed by atoms with Gasteiger partial charge in [-0.2, -0.15) is 0 Å². The van der Waals surface area contributed by atoms with Gasteiger partial charge in [0.15, 0.2) is 16.5 Å². The van der Waals surface area contributed by atoms with Crippen molar-refractivity contribution in [3.05, 3.63) is 76.9 Å². The van der Waals surface area contributed by atoms with Crippen molar-refractivity contribution < 1.29 is 14.1 Å². The molecule has 0 heterocycles. The number of ketones is 2. The third-order valence-corrected chi connectivity index (χ3v) is 9.80. The van der Waals surface area contributed by atoms with Crippen LogP contribution < -0.4 is 0 Å². The van der Waals surface area contributed by atoms with Gasteiger partial charge in [-0.3, -0.25) is 9.59 Å². The fourth-order valence-electron chi connectivity index (χ4n) is 6.91. The van der Waals surface area contributed by atoms with Crippen molar-refractivity contribution in [2.45, 2.75) is 51.3 Å². The number of allylic oxidation sites excluding steroid dienone is 7. The first kappa shape index (κ1) is 21.7. The summed E-state index contributed by atoms with van der Waals surface area (Å²) in [6, 6.07) is 9.56. The predicted molar refractivity (Wildman–Crippen MR) is 127 cm³/mol. The van der Waals surface area contributed by atoms with E-state index in [0.29, 0.717) is 17.6 Å². The monoisotopic (exact) mass is 446 g/mol. The molecule has 0 amide bonds. The number of fused-ring (bicyclic) bond motifs is 5. The van der Waals surface area contributed by atoms with E-state index in [-0.39, 0.29) is 22.4 Å². The van der Waals surface area contributed by atoms with E-state index in [1.807, 2.05) is 36.4 Å². The number of hydrogen-bond donors (Lipinski definition) is 0. The molecule has 1 aromatic carbocycles. The van der Waals surface area contributed by atoms with Crippen LogP contribution in [0.15, 0.2) is 81.8 Å². The molecular weight excluding hydrogens is 416 g/mol. The van der Waals surface area contributed by atoms with Crippen LogP contribution in [0.25, 0.3) is 0 Å². The molecule has 4 aliphatic carbocycles. The Kier molecular flexibility index (Phi) is 5.22. The summed E-state index contributed by atoms with van der Waals surface area (Å²) in [5.74, 6) is 1.37. The van der Waals surface area contributed by atoms with Crippen LogP contribution >= 0.6 is 0 Å². The van der Waals surface area contributed by atoms with Crippen molar-refractivity contribution in [3.8, 4) is 0 Å². The van der Waals surface area contributed by atoms with E-state index in [1.54, 1.807) is 13.0 Å². The molecule has 0 saturated heterocycles. The summed E-state index contributed by atoms with van der Waals surface area (Å²) in [4.78, 5) is 25.7. The second-order valence-corrected chi connectivity index (χ2v) is 11.6. The van der Waals surface area contributed by atoms with Crippen LogP contribution in [0.5, 0.6) is 0 Å². The van der Waals surface area contributed by atoms with E-state index in [0.717, 1.165) is 41.7 Å². The first-order chi connectivity index (χ1) is 15.2. The van der Waals surface area contributed by atoms with Crippen LogP contribution in [0.4, 0.5) is 0 Å². The highest BCUT2D eigenvalue weighted by molar-refractivity contribution is 7.91. The molecular formula is C28H30O3S. The van der Waals surface area contributed by atoms with E-state index in [1.165, 1.54) is 11.1 Å². The maximum atomic E-state index is 13.1. The maximum absolute atomic E-state index is 13.1. The van der Waals surface area contributed by atoms with Gasteiger partial charge in [0.05, 0.1) is 0 Å². The Labute approximate surface area is 193 Å². The summed E-state index contributed by atoms with van der Waals surface area (Å²) >= 11 is -1.16. The van der Waals surface area contributed by atoms with Crippen molar-refractivity contribution in [2.75, 3.05) is 5.75 Å². The van der Waals surface area contributed by atoms with Gasteiger partial charge in [0.1, 0.15) is 5.75 Å². The fraction of sp³-hybridized carbons (Fsp3) is 0.429. The van der Waals surface area contributed by atoms with Crippen LogP contribution in [0.1, 0.15) is 46.5 Å². The average molecular weight is 447 g/mol. The average Bonchev–Trinajstić information content (AvgIpc) is 3.06. The fourth-order valence-corrected chi connectivity index (χ4v) is 8.12. The van der Waals surface area contributed by atoms with Crippen molar-refractivity contribution >= 4 is 22.7 Å². The summed E-state index contributed by atoms with van der Waals surface area (Å²) in [6.07, 6.45) is 11.6. The van der Waals surface area contributed by atoms with E-state index in [2.05, 4.69) is 26.0 Å². The van der Waals surface area contributed by atoms with Gasteiger partial charge in [0.2, 0.25) is 0 Å². The molecule has 5 atom stereocenters. The van der Waals surface area contributed by atoms with Crippen LogP contribution in [0, 0.1) is 22.7 Å². The Balaban J connectivity index is 1.49. The molecule has 1 saturated carbocycles. The molecule has 0 aromatic heterocycles. The van der Waals surface area contributed by atoms with Crippen molar-refractivity contribution in [1.29, 1.82) is 0 Å². The van der Waals surface area contributed by atoms with E-state index in [4.69, 9.17) is 0 Å². The molecule has 0 radical (unpaired) electrons. The van der Waals surface area contributed by atoms with Gasteiger partial charge in [0.25, 0.3) is 0 Å². The zero-order chi connectivity index (χ0) is 22.7. The molecule has 0 spiro atoms. The molecule has 4 aliphatic rings. The molecule has 1 aromatic rings. The first-order valence-electron chi connectivity index (χ1n) is 11.6. The first-order valence-corrected chi connectivity index (χ1v) is 12.9. The van der Waals surface area contributed by atoms with E-state index in [9.17, 15) is 14.1 Å². The van der Waals surface area contributed by atoms with Gasteiger partial charge in [-0.05, 0) is 92.4 Å². The van der Waals surface area contributed by atoms with Crippen LogP contribution in [-0.2, 0) is 20.8 Å². The van der Waals surface area contributed by atoms with Gasteiger partial charge in [-0.15, -0.1) is 0 Å². The molecule has 5 rings (SSSR count). The van der Waals surface area contributed by atoms with Gasteiger partial charge >= 0.3 is 0 Å². The van der Waals surface area contributed by atoms with Gasteiger partial charge in [0, 0.05) is 16.4 Å². The molecule has 1 unspecified atom stereocenters. The minimum atomic E-state index is -1.16. The smallest absolute Gasteiger partial charge is 0.178 e. The van der Waals surface area contributed by atoms with Gasteiger partial charge < -0.3 is 4.55 Å². The van der Waals surface area contributed by atoms with E-state index < -0.39 is 11.2 Å². The zero-order valence-corrected chi connectivity index (χ0v) is 19.8. The Morgan fingerprint density at radius 3 is 2.69 bits per heavy atom. The quantitative estimate of drug-likeness (QED) is 0.452. The number of Topliss-reactive ketones (excluding diaryl/α,β-unsaturated/α-hetero) is 1. The topological polar surface area (TPSA) is 57.2 Å². The Morgan fingerprint density at radius 1 is 1.22 bits per heavy atom. The van der Waals surface area contributed by atoms with Crippen LogP contribution in [-0.4, -0.2) is 21.9 Å².